The third kappa shape index (κ3) is 5.12. The zero-order chi connectivity index (χ0) is 25.5. The Hall–Kier alpha value is -2.93. The first-order valence-corrected chi connectivity index (χ1v) is 13.6. The summed E-state index contributed by atoms with van der Waals surface area (Å²) in [5.74, 6) is 0.161. The molecule has 2 aromatic heterocycles. The van der Waals surface area contributed by atoms with Gasteiger partial charge in [-0.25, -0.2) is 13.4 Å². The third-order valence-corrected chi connectivity index (χ3v) is 8.28. The summed E-state index contributed by atoms with van der Waals surface area (Å²) in [5, 5.41) is 3.29. The highest BCUT2D eigenvalue weighted by molar-refractivity contribution is 7.92. The van der Waals surface area contributed by atoms with Gasteiger partial charge in [0.25, 0.3) is 10.0 Å². The maximum absolute atomic E-state index is 13.2. The number of nitrogens with one attached hydrogen (secondary N) is 2. The number of halogens is 3. The molecule has 194 valence electrons. The summed E-state index contributed by atoms with van der Waals surface area (Å²) in [6.07, 6.45) is 4.41. The topological polar surface area (TPSA) is 128 Å². The molecule has 9 nitrogen and oxygen atoms in total. The van der Waals surface area contributed by atoms with Crippen LogP contribution in [0.2, 0.25) is 0 Å². The predicted octanol–water partition coefficient (Wildman–Crippen LogP) is 4.44. The predicted molar refractivity (Wildman–Crippen MR) is 129 cm³/mol. The number of sulfonamides is 1. The molecule has 1 aromatic carbocycles. The number of fused-ring (bicyclic) bond motifs is 1. The molecule has 0 unspecified atom stereocenters. The van der Waals surface area contributed by atoms with Crippen molar-refractivity contribution in [3.05, 3.63) is 36.2 Å². The summed E-state index contributed by atoms with van der Waals surface area (Å²) in [6, 6.07) is 4.02. The molecule has 5 rings (SSSR count). The Kier molecular flexibility index (Phi) is 6.54. The number of benzene rings is 1. The fourth-order valence-corrected chi connectivity index (χ4v) is 6.03. The van der Waals surface area contributed by atoms with E-state index in [-0.39, 0.29) is 35.4 Å². The minimum absolute atomic E-state index is 0.0795. The number of alkyl halides is 3. The van der Waals surface area contributed by atoms with Crippen LogP contribution >= 0.6 is 0 Å². The number of aromatic nitrogens is 4. The van der Waals surface area contributed by atoms with E-state index in [9.17, 15) is 21.6 Å². The zero-order valence-corrected chi connectivity index (χ0v) is 20.3. The van der Waals surface area contributed by atoms with Gasteiger partial charge < -0.3 is 15.6 Å². The van der Waals surface area contributed by atoms with Crippen LogP contribution in [0.4, 0.5) is 24.9 Å². The molecule has 0 bridgehead atoms. The number of imidazole rings is 1. The van der Waals surface area contributed by atoms with Crippen LogP contribution in [0.5, 0.6) is 0 Å². The quantitative estimate of drug-likeness (QED) is 0.436. The molecular formula is C23H28F3N7O2S. The molecule has 36 heavy (non-hydrogen) atoms. The van der Waals surface area contributed by atoms with Crippen LogP contribution < -0.4 is 15.8 Å². The number of hydrogen-bond donors (Lipinski definition) is 3. The van der Waals surface area contributed by atoms with Crippen molar-refractivity contribution in [2.24, 2.45) is 5.73 Å². The molecule has 0 atom stereocenters. The van der Waals surface area contributed by atoms with Gasteiger partial charge in [-0.2, -0.15) is 23.1 Å². The molecule has 0 spiro atoms. The molecule has 2 aliphatic carbocycles. The van der Waals surface area contributed by atoms with Crippen LogP contribution in [-0.2, 0) is 16.2 Å². The van der Waals surface area contributed by atoms with Gasteiger partial charge in [0.2, 0.25) is 5.95 Å². The summed E-state index contributed by atoms with van der Waals surface area (Å²) < 4.78 is 70.1. The maximum Gasteiger partial charge on any atom is 0.416 e. The Morgan fingerprint density at radius 2 is 1.75 bits per heavy atom. The number of anilines is 2. The highest BCUT2D eigenvalue weighted by Gasteiger charge is 2.32. The normalized spacial score (nSPS) is 21.7. The minimum atomic E-state index is -4.67. The molecule has 0 saturated heterocycles. The van der Waals surface area contributed by atoms with Crippen LogP contribution in [0, 0.1) is 0 Å². The summed E-state index contributed by atoms with van der Waals surface area (Å²) in [5.41, 5.74) is 5.68. The van der Waals surface area contributed by atoms with Crippen LogP contribution in [0.1, 0.15) is 63.0 Å². The van der Waals surface area contributed by atoms with Gasteiger partial charge in [0, 0.05) is 18.1 Å². The van der Waals surface area contributed by atoms with Gasteiger partial charge in [-0.05, 0) is 56.7 Å². The summed E-state index contributed by atoms with van der Waals surface area (Å²) in [7, 11) is -4.39. The lowest BCUT2D eigenvalue weighted by Gasteiger charge is -2.27. The van der Waals surface area contributed by atoms with Gasteiger partial charge >= 0.3 is 6.18 Å². The van der Waals surface area contributed by atoms with Crippen molar-refractivity contribution in [3.8, 4) is 0 Å². The van der Waals surface area contributed by atoms with E-state index < -0.39 is 26.7 Å². The average molecular weight is 524 g/mol. The van der Waals surface area contributed by atoms with E-state index in [4.69, 9.17) is 5.73 Å². The molecule has 13 heteroatoms. The number of hydrogen-bond acceptors (Lipinski definition) is 7. The molecule has 0 radical (unpaired) electrons. The van der Waals surface area contributed by atoms with Crippen molar-refractivity contribution < 1.29 is 21.6 Å². The largest absolute Gasteiger partial charge is 0.416 e. The Morgan fingerprint density at radius 1 is 1.03 bits per heavy atom. The molecule has 4 N–H and O–H groups in total. The van der Waals surface area contributed by atoms with Gasteiger partial charge in [-0.15, -0.1) is 0 Å². The maximum atomic E-state index is 13.2. The van der Waals surface area contributed by atoms with E-state index >= 15 is 0 Å². The molecular weight excluding hydrogens is 495 g/mol. The van der Waals surface area contributed by atoms with Crippen LogP contribution in [0.25, 0.3) is 11.2 Å². The molecule has 0 aliphatic heterocycles. The monoisotopic (exact) mass is 523 g/mol. The first-order chi connectivity index (χ1) is 17.1. The SMILES string of the molecule is NC1CCC(Nc2nc(NS(=O)(=O)c3cccc(C(F)(F)F)c3)c3ncn(C4CCCC4)c3n2)CC1. The Morgan fingerprint density at radius 3 is 2.44 bits per heavy atom. The van der Waals surface area contributed by atoms with Crippen molar-refractivity contribution >= 4 is 33.0 Å². The number of rotatable bonds is 6. The lowest BCUT2D eigenvalue weighted by atomic mass is 9.92. The molecule has 2 heterocycles. The molecule has 2 saturated carbocycles. The summed E-state index contributed by atoms with van der Waals surface area (Å²) in [4.78, 5) is 12.9. The lowest BCUT2D eigenvalue weighted by Crippen LogP contribution is -2.33. The standard InChI is InChI=1S/C23H28F3N7O2S/c24-23(25,26)14-4-3-7-18(12-14)36(34,35)32-20-19-21(33(13-28-19)17-5-1-2-6-17)31-22(30-20)29-16-10-8-15(27)9-11-16/h3-4,7,12-13,15-17H,1-2,5-6,8-11,27H2,(H2,29,30,31,32). The van der Waals surface area contributed by atoms with Gasteiger partial charge in [0.15, 0.2) is 17.0 Å². The Bertz CT molecular complexity index is 1350. The van der Waals surface area contributed by atoms with E-state index in [1.807, 2.05) is 4.57 Å². The number of nitrogens with two attached hydrogens (primary N) is 1. The van der Waals surface area contributed by atoms with E-state index in [1.165, 1.54) is 0 Å². The first-order valence-electron chi connectivity index (χ1n) is 12.1. The van der Waals surface area contributed by atoms with Crippen LogP contribution in [0.3, 0.4) is 0 Å². The highest BCUT2D eigenvalue weighted by atomic mass is 32.2. The second-order valence-electron chi connectivity index (χ2n) is 9.55. The van der Waals surface area contributed by atoms with E-state index in [2.05, 4.69) is 25.0 Å². The Labute approximate surface area is 206 Å². The molecule has 2 aliphatic rings. The smallest absolute Gasteiger partial charge is 0.351 e. The van der Waals surface area contributed by atoms with Crippen molar-refractivity contribution in [2.45, 2.75) is 80.6 Å². The van der Waals surface area contributed by atoms with Gasteiger partial charge in [-0.3, -0.25) is 4.72 Å². The van der Waals surface area contributed by atoms with E-state index in [0.717, 1.165) is 69.6 Å². The summed E-state index contributed by atoms with van der Waals surface area (Å²) >= 11 is 0. The first kappa shape index (κ1) is 24.8. The van der Waals surface area contributed by atoms with Crippen molar-refractivity contribution in [2.75, 3.05) is 10.0 Å². The van der Waals surface area contributed by atoms with Gasteiger partial charge in [0.05, 0.1) is 16.8 Å². The van der Waals surface area contributed by atoms with Crippen LogP contribution in [-0.4, -0.2) is 40.0 Å². The average Bonchev–Trinajstić information content (AvgIpc) is 3.50. The second kappa shape index (κ2) is 9.51. The number of nitrogens with zero attached hydrogens (tertiary/aromatic N) is 4. The molecule has 3 aromatic rings. The van der Waals surface area contributed by atoms with Crippen LogP contribution in [0.15, 0.2) is 35.5 Å². The third-order valence-electron chi connectivity index (χ3n) is 6.95. The second-order valence-corrected chi connectivity index (χ2v) is 11.2. The molecule has 2 fully saturated rings. The molecule has 0 amide bonds. The summed E-state index contributed by atoms with van der Waals surface area (Å²) in [6.45, 7) is 0. The van der Waals surface area contributed by atoms with Gasteiger partial charge in [0.1, 0.15) is 0 Å². The van der Waals surface area contributed by atoms with E-state index in [1.54, 1.807) is 6.33 Å². The minimum Gasteiger partial charge on any atom is -0.351 e. The lowest BCUT2D eigenvalue weighted by molar-refractivity contribution is -0.137. The highest BCUT2D eigenvalue weighted by Crippen LogP contribution is 2.34. The zero-order valence-electron chi connectivity index (χ0n) is 19.5. The fourth-order valence-electron chi connectivity index (χ4n) is 4.97. The van der Waals surface area contributed by atoms with Gasteiger partial charge in [-0.1, -0.05) is 18.9 Å². The van der Waals surface area contributed by atoms with E-state index in [0.29, 0.717) is 11.7 Å². The fraction of sp³-hybridized carbons (Fsp3) is 0.522. The van der Waals surface area contributed by atoms with Crippen molar-refractivity contribution in [1.29, 1.82) is 0 Å². The van der Waals surface area contributed by atoms with Crippen molar-refractivity contribution in [3.63, 3.8) is 0 Å². The van der Waals surface area contributed by atoms with Crippen molar-refractivity contribution in [1.82, 2.24) is 19.5 Å². The Balaban J connectivity index is 1.52.